The summed E-state index contributed by atoms with van der Waals surface area (Å²) in [6.07, 6.45) is 3.45. The van der Waals surface area contributed by atoms with Gasteiger partial charge in [-0.15, -0.1) is 0 Å². The molecule has 7 heteroatoms. The van der Waals surface area contributed by atoms with Crippen LogP contribution in [0.5, 0.6) is 0 Å². The van der Waals surface area contributed by atoms with Crippen LogP contribution in [0.15, 0.2) is 48.8 Å². The monoisotopic (exact) mass is 446 g/mol. The first-order chi connectivity index (χ1) is 15.4. The molecule has 0 radical (unpaired) electrons. The Morgan fingerprint density at radius 1 is 1.12 bits per heavy atom. The fourth-order valence-electron chi connectivity index (χ4n) is 4.86. The number of rotatable bonds is 5. The SMILES string of the molecule is Cc1c(CC(=O)O)c(-c2ccc(Cl)cc2)c2cc(C)n3c2c1N(Cc1ncccn1)CC3. The van der Waals surface area contributed by atoms with Crippen molar-refractivity contribution in [2.75, 3.05) is 11.4 Å². The molecule has 1 aliphatic rings. The molecule has 0 amide bonds. The van der Waals surface area contributed by atoms with Crippen LogP contribution >= 0.6 is 11.6 Å². The highest BCUT2D eigenvalue weighted by Gasteiger charge is 2.29. The average Bonchev–Trinajstić information content (AvgIpc) is 3.10. The third kappa shape index (κ3) is 3.41. The van der Waals surface area contributed by atoms with Crippen LogP contribution in [0, 0.1) is 13.8 Å². The summed E-state index contributed by atoms with van der Waals surface area (Å²) in [6.45, 7) is 6.38. The summed E-state index contributed by atoms with van der Waals surface area (Å²) in [7, 11) is 0. The number of carboxylic acid groups (broad SMARTS) is 1. The van der Waals surface area contributed by atoms with Crippen LogP contribution in [0.2, 0.25) is 5.02 Å². The fraction of sp³-hybridized carbons (Fsp3) is 0.240. The minimum Gasteiger partial charge on any atom is -0.481 e. The van der Waals surface area contributed by atoms with Crippen LogP contribution in [0.25, 0.3) is 22.0 Å². The second kappa shape index (κ2) is 7.95. The van der Waals surface area contributed by atoms with E-state index in [1.807, 2.05) is 37.3 Å². The molecule has 0 fully saturated rings. The van der Waals surface area contributed by atoms with Crippen LogP contribution in [0.4, 0.5) is 5.69 Å². The van der Waals surface area contributed by atoms with Crippen LogP contribution in [0.3, 0.4) is 0 Å². The van der Waals surface area contributed by atoms with Crippen LogP contribution in [0.1, 0.15) is 22.6 Å². The van der Waals surface area contributed by atoms with Crippen molar-refractivity contribution >= 4 is 34.2 Å². The summed E-state index contributed by atoms with van der Waals surface area (Å²) >= 11 is 6.14. The Kier molecular flexibility index (Phi) is 5.10. The number of anilines is 1. The Morgan fingerprint density at radius 2 is 1.84 bits per heavy atom. The second-order valence-electron chi connectivity index (χ2n) is 8.19. The zero-order valence-corrected chi connectivity index (χ0v) is 18.7. The minimum atomic E-state index is -0.847. The van der Waals surface area contributed by atoms with E-state index < -0.39 is 5.97 Å². The molecule has 0 spiro atoms. The van der Waals surface area contributed by atoms with Crippen molar-refractivity contribution in [3.8, 4) is 11.1 Å². The molecular formula is C25H23ClN4O2. The summed E-state index contributed by atoms with van der Waals surface area (Å²) in [5.41, 5.74) is 7.14. The molecule has 5 rings (SSSR count). The van der Waals surface area contributed by atoms with Gasteiger partial charge >= 0.3 is 5.97 Å². The van der Waals surface area contributed by atoms with Gasteiger partial charge in [0, 0.05) is 41.6 Å². The zero-order valence-electron chi connectivity index (χ0n) is 18.0. The van der Waals surface area contributed by atoms with Crippen molar-refractivity contribution in [2.24, 2.45) is 0 Å². The largest absolute Gasteiger partial charge is 0.481 e. The second-order valence-corrected chi connectivity index (χ2v) is 8.63. The summed E-state index contributed by atoms with van der Waals surface area (Å²) in [4.78, 5) is 23.0. The maximum atomic E-state index is 11.9. The standard InChI is InChI=1S/C25H23ClN4O2/c1-15-12-20-23(17-4-6-18(26)7-5-17)19(13-22(31)32)16(2)24-25(20)30(15)11-10-29(24)14-21-27-8-3-9-28-21/h3-9,12H,10-11,13-14H2,1-2H3,(H,31,32). The third-order valence-corrected chi connectivity index (χ3v) is 6.48. The van der Waals surface area contributed by atoms with Gasteiger partial charge < -0.3 is 14.6 Å². The van der Waals surface area contributed by atoms with Gasteiger partial charge in [-0.05, 0) is 60.4 Å². The number of carboxylic acids is 1. The van der Waals surface area contributed by atoms with Crippen LogP contribution < -0.4 is 4.90 Å². The lowest BCUT2D eigenvalue weighted by molar-refractivity contribution is -0.136. The number of benzene rings is 2. The van der Waals surface area contributed by atoms with Crippen molar-refractivity contribution in [1.82, 2.24) is 14.5 Å². The number of aliphatic carboxylic acids is 1. The summed E-state index contributed by atoms with van der Waals surface area (Å²) in [5, 5.41) is 11.5. The van der Waals surface area contributed by atoms with Crippen molar-refractivity contribution in [3.63, 3.8) is 0 Å². The molecular weight excluding hydrogens is 424 g/mol. The number of nitrogens with zero attached hydrogens (tertiary/aromatic N) is 4. The number of carbonyl (C=O) groups is 1. The highest BCUT2D eigenvalue weighted by Crippen LogP contribution is 2.45. The lowest BCUT2D eigenvalue weighted by Crippen LogP contribution is -2.33. The maximum absolute atomic E-state index is 11.9. The number of aromatic nitrogens is 3. The predicted molar refractivity (Wildman–Crippen MR) is 126 cm³/mol. The van der Waals surface area contributed by atoms with Gasteiger partial charge in [0.25, 0.3) is 0 Å². The smallest absolute Gasteiger partial charge is 0.307 e. The van der Waals surface area contributed by atoms with E-state index in [2.05, 4.69) is 32.4 Å². The summed E-state index contributed by atoms with van der Waals surface area (Å²) < 4.78 is 2.34. The highest BCUT2D eigenvalue weighted by molar-refractivity contribution is 6.30. The number of aryl methyl sites for hydroxylation is 1. The van der Waals surface area contributed by atoms with Crippen molar-refractivity contribution in [2.45, 2.75) is 33.4 Å². The van der Waals surface area contributed by atoms with E-state index in [0.717, 1.165) is 57.8 Å². The Hall–Kier alpha value is -3.38. The van der Waals surface area contributed by atoms with E-state index in [0.29, 0.717) is 11.6 Å². The molecule has 2 aromatic carbocycles. The van der Waals surface area contributed by atoms with Gasteiger partial charge in [0.1, 0.15) is 5.82 Å². The van der Waals surface area contributed by atoms with Gasteiger partial charge in [-0.2, -0.15) is 0 Å². The van der Waals surface area contributed by atoms with Crippen molar-refractivity contribution in [3.05, 3.63) is 76.5 Å². The molecule has 3 heterocycles. The number of hydrogen-bond acceptors (Lipinski definition) is 4. The Balaban J connectivity index is 1.79. The quantitative estimate of drug-likeness (QED) is 0.466. The number of halogens is 1. The molecule has 32 heavy (non-hydrogen) atoms. The van der Waals surface area contributed by atoms with Crippen molar-refractivity contribution in [1.29, 1.82) is 0 Å². The van der Waals surface area contributed by atoms with Crippen LogP contribution in [-0.2, 0) is 24.3 Å². The zero-order chi connectivity index (χ0) is 22.4. The molecule has 0 unspecified atom stereocenters. The van der Waals surface area contributed by atoms with Gasteiger partial charge in [-0.25, -0.2) is 9.97 Å². The molecule has 0 saturated carbocycles. The van der Waals surface area contributed by atoms with Gasteiger partial charge in [0.2, 0.25) is 0 Å². The molecule has 1 aliphatic heterocycles. The molecule has 162 valence electrons. The van der Waals surface area contributed by atoms with E-state index in [1.54, 1.807) is 12.4 Å². The molecule has 0 aliphatic carbocycles. The van der Waals surface area contributed by atoms with E-state index in [9.17, 15) is 9.90 Å². The molecule has 0 saturated heterocycles. The third-order valence-electron chi connectivity index (χ3n) is 6.23. The van der Waals surface area contributed by atoms with Gasteiger partial charge in [-0.1, -0.05) is 23.7 Å². The van der Waals surface area contributed by atoms with Gasteiger partial charge in [-0.3, -0.25) is 4.79 Å². The van der Waals surface area contributed by atoms with Gasteiger partial charge in [0.05, 0.1) is 24.2 Å². The van der Waals surface area contributed by atoms with Crippen molar-refractivity contribution < 1.29 is 9.90 Å². The molecule has 0 bridgehead atoms. The Labute approximate surface area is 191 Å². The molecule has 2 aromatic heterocycles. The molecule has 4 aromatic rings. The number of hydrogen-bond donors (Lipinski definition) is 1. The highest BCUT2D eigenvalue weighted by atomic mass is 35.5. The maximum Gasteiger partial charge on any atom is 0.307 e. The first-order valence-electron chi connectivity index (χ1n) is 10.6. The Morgan fingerprint density at radius 3 is 2.53 bits per heavy atom. The first-order valence-corrected chi connectivity index (χ1v) is 11.0. The molecule has 1 N–H and O–H groups in total. The van der Waals surface area contributed by atoms with E-state index in [-0.39, 0.29) is 6.42 Å². The fourth-order valence-corrected chi connectivity index (χ4v) is 4.99. The molecule has 0 atom stereocenters. The lowest BCUT2D eigenvalue weighted by atomic mass is 9.88. The lowest BCUT2D eigenvalue weighted by Gasteiger charge is -2.34. The Bertz CT molecular complexity index is 1330. The molecule has 6 nitrogen and oxygen atoms in total. The summed E-state index contributed by atoms with van der Waals surface area (Å²) in [5.74, 6) is -0.0990. The average molecular weight is 447 g/mol. The topological polar surface area (TPSA) is 71.2 Å². The van der Waals surface area contributed by atoms with E-state index >= 15 is 0 Å². The first kappa shape index (κ1) is 20.5. The predicted octanol–water partition coefficient (Wildman–Crippen LogP) is 5.02. The van der Waals surface area contributed by atoms with E-state index in [1.165, 1.54) is 5.69 Å². The van der Waals surface area contributed by atoms with E-state index in [4.69, 9.17) is 11.6 Å². The van der Waals surface area contributed by atoms with Gasteiger partial charge in [0.15, 0.2) is 0 Å². The normalized spacial score (nSPS) is 13.0. The summed E-state index contributed by atoms with van der Waals surface area (Å²) in [6, 6.07) is 11.6. The van der Waals surface area contributed by atoms with Crippen LogP contribution in [-0.4, -0.2) is 32.2 Å². The minimum absolute atomic E-state index is 0.0490.